The first-order valence-electron chi connectivity index (χ1n) is 14.7. The predicted octanol–water partition coefficient (Wildman–Crippen LogP) is 5.29. The second-order valence-corrected chi connectivity index (χ2v) is 11.2. The zero-order valence-electron chi connectivity index (χ0n) is 24.2. The summed E-state index contributed by atoms with van der Waals surface area (Å²) in [5, 5.41) is 13.1. The van der Waals surface area contributed by atoms with Crippen molar-refractivity contribution in [2.24, 2.45) is 0 Å². The van der Waals surface area contributed by atoms with Gasteiger partial charge in [0.15, 0.2) is 0 Å². The highest BCUT2D eigenvalue weighted by Gasteiger charge is 2.33. The third kappa shape index (κ3) is 7.99. The van der Waals surface area contributed by atoms with E-state index in [0.717, 1.165) is 17.5 Å². The van der Waals surface area contributed by atoms with Gasteiger partial charge in [-0.25, -0.2) is 9.97 Å². The first kappa shape index (κ1) is 30.7. The fraction of sp³-hybridized carbons (Fsp3) is 0.265. The van der Waals surface area contributed by atoms with Crippen LogP contribution in [0.3, 0.4) is 0 Å². The van der Waals surface area contributed by atoms with Crippen molar-refractivity contribution >= 4 is 41.0 Å². The third-order valence-electron chi connectivity index (χ3n) is 7.63. The molecule has 1 aromatic heterocycles. The molecule has 0 bridgehead atoms. The maximum atomic E-state index is 13.9. The molecule has 0 spiro atoms. The van der Waals surface area contributed by atoms with E-state index < -0.39 is 24.5 Å². The Hall–Kier alpha value is -4.76. The van der Waals surface area contributed by atoms with Gasteiger partial charge in [0, 0.05) is 30.0 Å². The average Bonchev–Trinajstić information content (AvgIpc) is 3.54. The third-order valence-corrected chi connectivity index (χ3v) is 7.88. The number of hydrogen-bond donors (Lipinski definition) is 2. The average molecular weight is 612 g/mol. The maximum Gasteiger partial charge on any atom is 0.323 e. The van der Waals surface area contributed by atoms with Crippen molar-refractivity contribution in [2.75, 3.05) is 29.9 Å². The number of amides is 2. The van der Waals surface area contributed by atoms with Crippen LogP contribution in [-0.4, -0.2) is 63.4 Å². The van der Waals surface area contributed by atoms with E-state index in [-0.39, 0.29) is 18.0 Å². The molecule has 1 aliphatic rings. The van der Waals surface area contributed by atoms with Crippen molar-refractivity contribution in [3.8, 4) is 0 Å². The van der Waals surface area contributed by atoms with Crippen LogP contribution in [0.4, 0.5) is 11.6 Å². The SMILES string of the molecule is O=C(O)CN(CCc1ccccc1)C(=O)c1cnc(N2CCC[C@@H]2C(=O)Nc2ccc(Cl)cc2)nc1CCc1ccccc1. The van der Waals surface area contributed by atoms with Crippen LogP contribution in [0, 0.1) is 0 Å². The first-order valence-corrected chi connectivity index (χ1v) is 15.0. The van der Waals surface area contributed by atoms with Crippen LogP contribution >= 0.6 is 11.6 Å². The summed E-state index contributed by atoms with van der Waals surface area (Å²) < 4.78 is 0. The normalized spacial score (nSPS) is 14.3. The number of carboxylic acids is 1. The molecule has 1 aliphatic heterocycles. The number of carbonyl (C=O) groups is 3. The van der Waals surface area contributed by atoms with Crippen LogP contribution in [0.5, 0.6) is 0 Å². The molecule has 10 heteroatoms. The van der Waals surface area contributed by atoms with Crippen molar-refractivity contribution in [2.45, 2.75) is 38.1 Å². The molecule has 2 heterocycles. The zero-order chi connectivity index (χ0) is 30.9. The molecule has 0 unspecified atom stereocenters. The van der Waals surface area contributed by atoms with E-state index in [1.807, 2.05) is 65.6 Å². The van der Waals surface area contributed by atoms with Gasteiger partial charge >= 0.3 is 5.97 Å². The van der Waals surface area contributed by atoms with Crippen LogP contribution < -0.4 is 10.2 Å². The number of halogens is 1. The number of rotatable bonds is 12. The van der Waals surface area contributed by atoms with E-state index in [4.69, 9.17) is 16.6 Å². The molecule has 44 heavy (non-hydrogen) atoms. The zero-order valence-corrected chi connectivity index (χ0v) is 25.0. The Labute approximate surface area is 261 Å². The highest BCUT2D eigenvalue weighted by Crippen LogP contribution is 2.26. The van der Waals surface area contributed by atoms with Gasteiger partial charge in [-0.3, -0.25) is 14.4 Å². The number of benzene rings is 3. The molecule has 1 saturated heterocycles. The Kier molecular flexibility index (Phi) is 10.2. The molecule has 9 nitrogen and oxygen atoms in total. The van der Waals surface area contributed by atoms with Crippen LogP contribution in [-0.2, 0) is 28.9 Å². The smallest absolute Gasteiger partial charge is 0.323 e. The molecule has 0 aliphatic carbocycles. The minimum Gasteiger partial charge on any atom is -0.480 e. The summed E-state index contributed by atoms with van der Waals surface area (Å²) in [6.45, 7) is 0.380. The molecule has 1 atom stereocenters. The Morgan fingerprint density at radius 1 is 0.909 bits per heavy atom. The molecule has 226 valence electrons. The van der Waals surface area contributed by atoms with Gasteiger partial charge in [0.05, 0.1) is 11.3 Å². The highest BCUT2D eigenvalue weighted by atomic mass is 35.5. The van der Waals surface area contributed by atoms with E-state index in [9.17, 15) is 19.5 Å². The number of nitrogens with one attached hydrogen (secondary N) is 1. The molecule has 3 aromatic carbocycles. The number of anilines is 2. The van der Waals surface area contributed by atoms with E-state index in [1.165, 1.54) is 11.1 Å². The maximum absolute atomic E-state index is 13.9. The summed E-state index contributed by atoms with van der Waals surface area (Å²) in [5.41, 5.74) is 3.51. The second kappa shape index (κ2) is 14.6. The summed E-state index contributed by atoms with van der Waals surface area (Å²) in [7, 11) is 0. The molecule has 0 radical (unpaired) electrons. The molecule has 2 N–H and O–H groups in total. The van der Waals surface area contributed by atoms with E-state index in [1.54, 1.807) is 24.3 Å². The Morgan fingerprint density at radius 3 is 2.23 bits per heavy atom. The quantitative estimate of drug-likeness (QED) is 0.224. The Morgan fingerprint density at radius 2 is 1.57 bits per heavy atom. The molecule has 0 saturated carbocycles. The molecular formula is C34H34ClN5O4. The fourth-order valence-corrected chi connectivity index (χ4v) is 5.48. The summed E-state index contributed by atoms with van der Waals surface area (Å²) >= 11 is 5.99. The van der Waals surface area contributed by atoms with Crippen molar-refractivity contribution in [3.05, 3.63) is 119 Å². The standard InChI is InChI=1S/C34H34ClN5O4/c35-26-14-16-27(17-15-26)37-32(43)30-12-7-20-40(30)34-36-22-28(29(38-34)18-13-24-8-3-1-4-9-24)33(44)39(23-31(41)42)21-19-25-10-5-2-6-11-25/h1-6,8-11,14-17,22,30H,7,12-13,18-21,23H2,(H,37,43)(H,41,42)/t30-/m1/s1. The number of hydrogen-bond acceptors (Lipinski definition) is 6. The Balaban J connectivity index is 1.41. The lowest BCUT2D eigenvalue weighted by Gasteiger charge is -2.26. The van der Waals surface area contributed by atoms with Gasteiger partial charge in [-0.05, 0) is 67.5 Å². The van der Waals surface area contributed by atoms with Crippen LogP contribution in [0.15, 0.2) is 91.1 Å². The largest absolute Gasteiger partial charge is 0.480 e. The monoisotopic (exact) mass is 611 g/mol. The van der Waals surface area contributed by atoms with Crippen molar-refractivity contribution < 1.29 is 19.5 Å². The second-order valence-electron chi connectivity index (χ2n) is 10.7. The van der Waals surface area contributed by atoms with Gasteiger partial charge < -0.3 is 20.2 Å². The summed E-state index contributed by atoms with van der Waals surface area (Å²) in [6, 6.07) is 26.0. The van der Waals surface area contributed by atoms with E-state index in [2.05, 4.69) is 10.3 Å². The highest BCUT2D eigenvalue weighted by molar-refractivity contribution is 6.30. The number of carboxylic acid groups (broad SMARTS) is 1. The molecular weight excluding hydrogens is 578 g/mol. The fourth-order valence-electron chi connectivity index (χ4n) is 5.35. The summed E-state index contributed by atoms with van der Waals surface area (Å²) in [6.07, 6.45) is 4.48. The van der Waals surface area contributed by atoms with Gasteiger partial charge in [-0.15, -0.1) is 0 Å². The number of aliphatic carboxylic acids is 1. The number of aromatic nitrogens is 2. The molecule has 4 aromatic rings. The van der Waals surface area contributed by atoms with E-state index >= 15 is 0 Å². The van der Waals surface area contributed by atoms with Crippen molar-refractivity contribution in [1.82, 2.24) is 14.9 Å². The first-order chi connectivity index (χ1) is 21.4. The van der Waals surface area contributed by atoms with Gasteiger partial charge in [0.25, 0.3) is 5.91 Å². The van der Waals surface area contributed by atoms with Gasteiger partial charge in [0.1, 0.15) is 12.6 Å². The number of aryl methyl sites for hydroxylation is 2. The molecule has 2 amide bonds. The van der Waals surface area contributed by atoms with Crippen LogP contribution in [0.2, 0.25) is 5.02 Å². The minimum atomic E-state index is -1.10. The number of carbonyl (C=O) groups excluding carboxylic acids is 2. The van der Waals surface area contributed by atoms with Crippen LogP contribution in [0.25, 0.3) is 0 Å². The number of nitrogens with zero attached hydrogens (tertiary/aromatic N) is 4. The van der Waals surface area contributed by atoms with Gasteiger partial charge in [-0.2, -0.15) is 0 Å². The van der Waals surface area contributed by atoms with E-state index in [0.29, 0.717) is 54.6 Å². The molecule has 5 rings (SSSR count). The van der Waals surface area contributed by atoms with Crippen LogP contribution in [0.1, 0.15) is 40.0 Å². The van der Waals surface area contributed by atoms with Crippen molar-refractivity contribution in [1.29, 1.82) is 0 Å². The molecule has 1 fully saturated rings. The van der Waals surface area contributed by atoms with Gasteiger partial charge in [0.2, 0.25) is 11.9 Å². The Bertz CT molecular complexity index is 1580. The lowest BCUT2D eigenvalue weighted by Crippen LogP contribution is -2.41. The van der Waals surface area contributed by atoms with Crippen molar-refractivity contribution in [3.63, 3.8) is 0 Å². The van der Waals surface area contributed by atoms with Gasteiger partial charge in [-0.1, -0.05) is 72.3 Å². The lowest BCUT2D eigenvalue weighted by molar-refractivity contribution is -0.137. The predicted molar refractivity (Wildman–Crippen MR) is 170 cm³/mol. The topological polar surface area (TPSA) is 116 Å². The lowest BCUT2D eigenvalue weighted by atomic mass is 10.0. The summed E-state index contributed by atoms with van der Waals surface area (Å²) in [5.74, 6) is -1.34. The minimum absolute atomic E-state index is 0.173. The summed E-state index contributed by atoms with van der Waals surface area (Å²) in [4.78, 5) is 51.5.